The van der Waals surface area contributed by atoms with E-state index in [2.05, 4.69) is 9.97 Å². The van der Waals surface area contributed by atoms with Gasteiger partial charge in [0, 0.05) is 17.6 Å². The van der Waals surface area contributed by atoms with Gasteiger partial charge < -0.3 is 5.11 Å². The summed E-state index contributed by atoms with van der Waals surface area (Å²) in [7, 11) is 0. The first-order valence-electron chi connectivity index (χ1n) is 3.79. The molecular weight excluding hydrogens is 172 g/mol. The van der Waals surface area contributed by atoms with Crippen LogP contribution in [0.25, 0.3) is 0 Å². The van der Waals surface area contributed by atoms with E-state index in [1.807, 2.05) is 13.0 Å². The Bertz CT molecular complexity index is 253. The Hall–Kier alpha value is -0.610. The molecule has 66 valence electrons. The molecule has 0 saturated carbocycles. The largest absolute Gasteiger partial charge is 0.393 e. The molecule has 0 unspecified atom stereocenters. The maximum absolute atomic E-state index is 9.01. The van der Waals surface area contributed by atoms with Gasteiger partial charge in [-0.1, -0.05) is 11.8 Å². The number of aliphatic hydroxyl groups excluding tert-OH is 1. The van der Waals surface area contributed by atoms with Gasteiger partial charge in [0.05, 0.1) is 6.10 Å². The average molecular weight is 184 g/mol. The highest BCUT2D eigenvalue weighted by atomic mass is 32.2. The molecule has 1 heterocycles. The van der Waals surface area contributed by atoms with E-state index in [9.17, 15) is 0 Å². The lowest BCUT2D eigenvalue weighted by Gasteiger charge is -2.02. The van der Waals surface area contributed by atoms with Crippen molar-refractivity contribution in [1.82, 2.24) is 9.97 Å². The minimum absolute atomic E-state index is 0.306. The molecule has 1 aromatic rings. The van der Waals surface area contributed by atoms with Gasteiger partial charge in [-0.2, -0.15) is 0 Å². The third-order valence-electron chi connectivity index (χ3n) is 1.23. The molecular formula is C8H12N2OS. The quantitative estimate of drug-likeness (QED) is 0.567. The summed E-state index contributed by atoms with van der Waals surface area (Å²) in [4.78, 5) is 8.24. The van der Waals surface area contributed by atoms with Crippen LogP contribution in [0.2, 0.25) is 0 Å². The molecule has 1 rings (SSSR count). The van der Waals surface area contributed by atoms with Crippen molar-refractivity contribution in [2.24, 2.45) is 0 Å². The maximum atomic E-state index is 9.01. The summed E-state index contributed by atoms with van der Waals surface area (Å²) in [5.74, 6) is 0.642. The summed E-state index contributed by atoms with van der Waals surface area (Å²) < 4.78 is 0. The van der Waals surface area contributed by atoms with Crippen molar-refractivity contribution < 1.29 is 5.11 Å². The number of aryl methyl sites for hydroxylation is 1. The molecule has 3 nitrogen and oxygen atoms in total. The monoisotopic (exact) mass is 184 g/mol. The van der Waals surface area contributed by atoms with Crippen molar-refractivity contribution in [3.05, 3.63) is 18.0 Å². The van der Waals surface area contributed by atoms with Gasteiger partial charge in [-0.25, -0.2) is 9.97 Å². The fraction of sp³-hybridized carbons (Fsp3) is 0.500. The lowest BCUT2D eigenvalue weighted by atomic mass is 10.5. The molecule has 0 aliphatic heterocycles. The van der Waals surface area contributed by atoms with Crippen LogP contribution in [0, 0.1) is 6.92 Å². The van der Waals surface area contributed by atoms with Crippen LogP contribution in [-0.4, -0.2) is 26.9 Å². The van der Waals surface area contributed by atoms with Gasteiger partial charge in [0.15, 0.2) is 5.16 Å². The number of aromatic nitrogens is 2. The first-order valence-corrected chi connectivity index (χ1v) is 4.77. The van der Waals surface area contributed by atoms with Crippen molar-refractivity contribution in [2.75, 3.05) is 5.75 Å². The molecule has 4 heteroatoms. The third kappa shape index (κ3) is 3.19. The van der Waals surface area contributed by atoms with Crippen LogP contribution in [0.4, 0.5) is 0 Å². The molecule has 1 atom stereocenters. The number of aliphatic hydroxyl groups is 1. The van der Waals surface area contributed by atoms with Gasteiger partial charge in [0.2, 0.25) is 0 Å². The second-order valence-corrected chi connectivity index (χ2v) is 3.63. The zero-order chi connectivity index (χ0) is 8.97. The molecule has 0 bridgehead atoms. The SMILES string of the molecule is Cc1ccnc(SC[C@@H](C)O)n1. The lowest BCUT2D eigenvalue weighted by molar-refractivity contribution is 0.220. The summed E-state index contributed by atoms with van der Waals surface area (Å²) in [6.07, 6.45) is 1.42. The van der Waals surface area contributed by atoms with Crippen LogP contribution in [0.5, 0.6) is 0 Å². The first kappa shape index (κ1) is 9.48. The molecule has 0 fully saturated rings. The average Bonchev–Trinajstić information content (AvgIpc) is 2.01. The van der Waals surface area contributed by atoms with Crippen LogP contribution < -0.4 is 0 Å². The van der Waals surface area contributed by atoms with Gasteiger partial charge in [-0.05, 0) is 19.9 Å². The molecule has 1 aromatic heterocycles. The van der Waals surface area contributed by atoms with Crippen molar-refractivity contribution in [3.8, 4) is 0 Å². The standard InChI is InChI=1S/C8H12N2OS/c1-6-3-4-9-8(10-6)12-5-7(2)11/h3-4,7,11H,5H2,1-2H3/t7-/m1/s1. The van der Waals surface area contributed by atoms with Crippen molar-refractivity contribution >= 4 is 11.8 Å². The lowest BCUT2D eigenvalue weighted by Crippen LogP contribution is -2.03. The number of rotatable bonds is 3. The second-order valence-electron chi connectivity index (χ2n) is 2.64. The van der Waals surface area contributed by atoms with Crippen LogP contribution >= 0.6 is 11.8 Å². The number of hydrogen-bond acceptors (Lipinski definition) is 4. The Morgan fingerprint density at radius 3 is 3.00 bits per heavy atom. The van der Waals surface area contributed by atoms with E-state index in [0.29, 0.717) is 5.75 Å². The summed E-state index contributed by atoms with van der Waals surface area (Å²) in [6.45, 7) is 3.68. The molecule has 0 aliphatic carbocycles. The molecule has 0 amide bonds. The fourth-order valence-electron chi connectivity index (χ4n) is 0.691. The Morgan fingerprint density at radius 1 is 1.67 bits per heavy atom. The second kappa shape index (κ2) is 4.42. The minimum Gasteiger partial charge on any atom is -0.393 e. The van der Waals surface area contributed by atoms with E-state index in [1.54, 1.807) is 13.1 Å². The summed E-state index contributed by atoms with van der Waals surface area (Å²) >= 11 is 1.47. The van der Waals surface area contributed by atoms with Crippen molar-refractivity contribution in [2.45, 2.75) is 25.1 Å². The highest BCUT2D eigenvalue weighted by Gasteiger charge is 2.00. The van der Waals surface area contributed by atoms with E-state index < -0.39 is 0 Å². The number of hydrogen-bond donors (Lipinski definition) is 1. The van der Waals surface area contributed by atoms with Crippen LogP contribution in [0.3, 0.4) is 0 Å². The summed E-state index contributed by atoms with van der Waals surface area (Å²) in [6, 6.07) is 1.85. The molecule has 0 saturated heterocycles. The van der Waals surface area contributed by atoms with Crippen LogP contribution in [0.15, 0.2) is 17.4 Å². The predicted octanol–water partition coefficient (Wildman–Crippen LogP) is 1.26. The minimum atomic E-state index is -0.306. The summed E-state index contributed by atoms with van der Waals surface area (Å²) in [5.41, 5.74) is 0.957. The van der Waals surface area contributed by atoms with E-state index in [4.69, 9.17) is 5.11 Å². The van der Waals surface area contributed by atoms with Gasteiger partial charge in [-0.15, -0.1) is 0 Å². The van der Waals surface area contributed by atoms with E-state index in [-0.39, 0.29) is 6.10 Å². The highest BCUT2D eigenvalue weighted by molar-refractivity contribution is 7.99. The van der Waals surface area contributed by atoms with Crippen molar-refractivity contribution in [1.29, 1.82) is 0 Å². The smallest absolute Gasteiger partial charge is 0.187 e. The Kier molecular flexibility index (Phi) is 3.49. The van der Waals surface area contributed by atoms with E-state index in [1.165, 1.54) is 11.8 Å². The van der Waals surface area contributed by atoms with Crippen LogP contribution in [-0.2, 0) is 0 Å². The molecule has 12 heavy (non-hydrogen) atoms. The maximum Gasteiger partial charge on any atom is 0.187 e. The number of nitrogens with zero attached hydrogens (tertiary/aromatic N) is 2. The van der Waals surface area contributed by atoms with E-state index >= 15 is 0 Å². The summed E-state index contributed by atoms with van der Waals surface area (Å²) in [5, 5.41) is 9.74. The predicted molar refractivity (Wildman–Crippen MR) is 49.2 cm³/mol. The van der Waals surface area contributed by atoms with E-state index in [0.717, 1.165) is 10.9 Å². The van der Waals surface area contributed by atoms with Crippen LogP contribution in [0.1, 0.15) is 12.6 Å². The van der Waals surface area contributed by atoms with Gasteiger partial charge >= 0.3 is 0 Å². The molecule has 0 spiro atoms. The third-order valence-corrected chi connectivity index (χ3v) is 2.33. The molecule has 1 N–H and O–H groups in total. The van der Waals surface area contributed by atoms with Gasteiger partial charge in [0.1, 0.15) is 0 Å². The topological polar surface area (TPSA) is 46.0 Å². The molecule has 0 aliphatic rings. The first-order chi connectivity index (χ1) is 5.68. The number of thioether (sulfide) groups is 1. The highest BCUT2D eigenvalue weighted by Crippen LogP contribution is 2.12. The van der Waals surface area contributed by atoms with Gasteiger partial charge in [0.25, 0.3) is 0 Å². The van der Waals surface area contributed by atoms with Gasteiger partial charge in [-0.3, -0.25) is 0 Å². The Labute approximate surface area is 76.2 Å². The Balaban J connectivity index is 2.52. The molecule has 0 radical (unpaired) electrons. The fourth-order valence-corrected chi connectivity index (χ4v) is 1.42. The zero-order valence-corrected chi connectivity index (χ0v) is 8.01. The van der Waals surface area contributed by atoms with Crippen molar-refractivity contribution in [3.63, 3.8) is 0 Å². The normalized spacial score (nSPS) is 12.9. The molecule has 0 aromatic carbocycles. The zero-order valence-electron chi connectivity index (χ0n) is 7.19. The Morgan fingerprint density at radius 2 is 2.42 bits per heavy atom.